The van der Waals surface area contributed by atoms with Gasteiger partial charge >= 0.3 is 5.97 Å². The molecule has 67 valence electrons. The van der Waals surface area contributed by atoms with Crippen molar-refractivity contribution < 1.29 is 48.7 Å². The summed E-state index contributed by atoms with van der Waals surface area (Å²) >= 11 is 0. The molecule has 1 rings (SSSR count). The van der Waals surface area contributed by atoms with E-state index >= 15 is 0 Å². The molecule has 1 aromatic rings. The van der Waals surface area contributed by atoms with Gasteiger partial charge in [0.1, 0.15) is 0 Å². The van der Waals surface area contributed by atoms with Gasteiger partial charge in [0.15, 0.2) is 0 Å². The molecule has 0 spiro atoms. The molecule has 4 heteroatoms. The van der Waals surface area contributed by atoms with E-state index in [1.807, 2.05) is 0 Å². The number of carboxylic acid groups (broad SMARTS) is 1. The molecular formula is C9H9O3Y-. The van der Waals surface area contributed by atoms with Crippen molar-refractivity contribution in [1.29, 1.82) is 0 Å². The minimum atomic E-state index is -0.999. The van der Waals surface area contributed by atoms with E-state index in [2.05, 4.69) is 6.07 Å². The Hall–Kier alpha value is -0.406. The molecule has 0 aliphatic carbocycles. The van der Waals surface area contributed by atoms with Crippen LogP contribution in [0.2, 0.25) is 0 Å². The maximum absolute atomic E-state index is 10.7. The molecule has 0 saturated carbocycles. The number of benzene rings is 1. The fraction of sp³-hybridized carbons (Fsp3) is 0.222. The Morgan fingerprint density at radius 3 is 3.00 bits per heavy atom. The van der Waals surface area contributed by atoms with E-state index in [4.69, 9.17) is 11.2 Å². The second-order valence-electron chi connectivity index (χ2n) is 2.29. The normalized spacial score (nSPS) is 9.77. The van der Waals surface area contributed by atoms with Gasteiger partial charge in [-0.2, -0.15) is 12.1 Å². The molecule has 1 aromatic carbocycles. The van der Waals surface area contributed by atoms with E-state index < -0.39 is 5.97 Å². The van der Waals surface area contributed by atoms with Crippen molar-refractivity contribution in [1.82, 2.24) is 0 Å². The quantitative estimate of drug-likeness (QED) is 0.815. The molecule has 0 aromatic heterocycles. The number of carbonyl (C=O) groups is 1. The summed E-state index contributed by atoms with van der Waals surface area (Å²) in [6.07, 6.45) is 0. The van der Waals surface area contributed by atoms with Gasteiger partial charge in [0.25, 0.3) is 0 Å². The zero-order valence-electron chi connectivity index (χ0n) is 8.20. The summed E-state index contributed by atoms with van der Waals surface area (Å²) in [5.41, 5.74) is 0.685. The zero-order chi connectivity index (χ0) is 9.84. The molecule has 0 aliphatic rings. The number of hydrogen-bond donors (Lipinski definition) is 1. The fourth-order valence-corrected chi connectivity index (χ4v) is 0.938. The first-order valence-corrected chi connectivity index (χ1v) is 3.33. The molecule has 1 N–H and O–H groups in total. The van der Waals surface area contributed by atoms with E-state index in [-0.39, 0.29) is 45.4 Å². The number of aromatic carboxylic acids is 1. The molecule has 0 bridgehead atoms. The monoisotopic (exact) mass is 256 g/mol. The molecule has 1 radical (unpaired) electrons. The Bertz CT molecular complexity index is 328. The predicted octanol–water partition coefficient (Wildman–Crippen LogP) is 1.50. The Morgan fingerprint density at radius 1 is 1.77 bits per heavy atom. The molecule has 13 heavy (non-hydrogen) atoms. The van der Waals surface area contributed by atoms with E-state index in [0.717, 1.165) is 0 Å². The summed E-state index contributed by atoms with van der Waals surface area (Å²) in [5.74, 6) is -0.670. The van der Waals surface area contributed by atoms with Gasteiger partial charge in [0.05, 0.1) is 8.46 Å². The smallest absolute Gasteiger partial charge is 0.311 e. The number of methoxy groups -OCH3 is 1. The number of ether oxygens (including phenoxy) is 1. The van der Waals surface area contributed by atoms with Crippen molar-refractivity contribution >= 4 is 5.97 Å². The molecular weight excluding hydrogens is 245 g/mol. The SMILES string of the molecule is [3H]COc1[c-]ccc(C(=O)O)c1C.[Y]. The topological polar surface area (TPSA) is 46.5 Å². The molecule has 0 fully saturated rings. The number of rotatable bonds is 2. The molecule has 3 nitrogen and oxygen atoms in total. The largest absolute Gasteiger partial charge is 0.522 e. The average molecular weight is 256 g/mol. The number of carboxylic acids is 1. The van der Waals surface area contributed by atoms with Crippen molar-refractivity contribution in [2.24, 2.45) is 0 Å². The van der Waals surface area contributed by atoms with Gasteiger partial charge in [-0.3, -0.25) is 0 Å². The summed E-state index contributed by atoms with van der Waals surface area (Å²) < 4.78 is 11.7. The van der Waals surface area contributed by atoms with Crippen LogP contribution in [0.25, 0.3) is 0 Å². The Balaban J connectivity index is 0.00000169. The maximum atomic E-state index is 10.7. The summed E-state index contributed by atoms with van der Waals surface area (Å²) in [6, 6.07) is 5.65. The van der Waals surface area contributed by atoms with E-state index in [0.29, 0.717) is 11.3 Å². The molecule has 0 heterocycles. The van der Waals surface area contributed by atoms with Crippen molar-refractivity contribution in [3.8, 4) is 5.75 Å². The van der Waals surface area contributed by atoms with Crippen LogP contribution in [0.1, 0.15) is 17.3 Å². The van der Waals surface area contributed by atoms with Gasteiger partial charge in [-0.15, -0.1) is 11.6 Å². The minimum Gasteiger partial charge on any atom is -0.522 e. The van der Waals surface area contributed by atoms with Gasteiger partial charge in [-0.1, -0.05) is 6.92 Å². The minimum absolute atomic E-state index is 0. The number of hydrogen-bond acceptors (Lipinski definition) is 2. The standard InChI is InChI=1S/C9H9O3.Y/c1-6-7(9(10)11)4-3-5-8(6)12-2;/h3-4H,1-2H3,(H,10,11);/q-1;/i2T;. The van der Waals surface area contributed by atoms with Crippen LogP contribution in [0.5, 0.6) is 5.75 Å². The predicted molar refractivity (Wildman–Crippen MR) is 43.5 cm³/mol. The van der Waals surface area contributed by atoms with Crippen molar-refractivity contribution in [2.75, 3.05) is 7.09 Å². The summed E-state index contributed by atoms with van der Waals surface area (Å²) in [7, 11) is -0.236. The second-order valence-corrected chi connectivity index (χ2v) is 2.29. The first-order chi connectivity index (χ1) is 6.16. The summed E-state index contributed by atoms with van der Waals surface area (Å²) in [4.78, 5) is 10.7. The van der Waals surface area contributed by atoms with Gasteiger partial charge < -0.3 is 9.84 Å². The van der Waals surface area contributed by atoms with E-state index in [9.17, 15) is 4.79 Å². The second kappa shape index (κ2) is 5.35. The van der Waals surface area contributed by atoms with Crippen LogP contribution in [0.4, 0.5) is 0 Å². The van der Waals surface area contributed by atoms with Crippen LogP contribution in [-0.4, -0.2) is 18.2 Å². The maximum Gasteiger partial charge on any atom is 0.311 e. The summed E-state index contributed by atoms with van der Waals surface area (Å²) in [5, 5.41) is 8.74. The van der Waals surface area contributed by atoms with Gasteiger partial charge in [0, 0.05) is 38.5 Å². The zero-order valence-corrected chi connectivity index (χ0v) is 10.0. The van der Waals surface area contributed by atoms with Gasteiger partial charge in [0.2, 0.25) is 0 Å². The first-order valence-electron chi connectivity index (χ1n) is 4.04. The van der Waals surface area contributed by atoms with Crippen molar-refractivity contribution in [3.05, 3.63) is 29.3 Å². The third-order valence-electron chi connectivity index (χ3n) is 1.58. The average Bonchev–Trinajstić information content (AvgIpc) is 2.08. The van der Waals surface area contributed by atoms with Crippen LogP contribution in [0.3, 0.4) is 0 Å². The molecule has 0 aliphatic heterocycles. The molecule has 0 amide bonds. The van der Waals surface area contributed by atoms with Crippen LogP contribution in [0, 0.1) is 13.0 Å². The van der Waals surface area contributed by atoms with Crippen LogP contribution < -0.4 is 4.74 Å². The summed E-state index contributed by atoms with van der Waals surface area (Å²) in [6.45, 7) is 1.63. The molecule has 0 saturated heterocycles. The Labute approximate surface area is 103 Å². The third-order valence-corrected chi connectivity index (χ3v) is 1.58. The van der Waals surface area contributed by atoms with E-state index in [1.54, 1.807) is 6.92 Å². The van der Waals surface area contributed by atoms with Crippen molar-refractivity contribution in [3.63, 3.8) is 0 Å². The molecule has 0 atom stereocenters. The Morgan fingerprint density at radius 2 is 2.46 bits per heavy atom. The fourth-order valence-electron chi connectivity index (χ4n) is 0.938. The van der Waals surface area contributed by atoms with Crippen LogP contribution >= 0.6 is 0 Å². The third kappa shape index (κ3) is 2.78. The van der Waals surface area contributed by atoms with Crippen molar-refractivity contribution in [2.45, 2.75) is 6.92 Å². The first kappa shape index (κ1) is 10.7. The van der Waals surface area contributed by atoms with Crippen LogP contribution in [0.15, 0.2) is 12.1 Å². The van der Waals surface area contributed by atoms with Gasteiger partial charge in [-0.05, 0) is 5.56 Å². The Kier molecular flexibility index (Phi) is 4.39. The van der Waals surface area contributed by atoms with E-state index in [1.165, 1.54) is 12.1 Å². The van der Waals surface area contributed by atoms with Crippen LogP contribution in [-0.2, 0) is 32.7 Å². The molecule has 0 unspecified atom stereocenters. The van der Waals surface area contributed by atoms with Gasteiger partial charge in [-0.25, -0.2) is 4.79 Å².